The highest BCUT2D eigenvalue weighted by Crippen LogP contribution is 2.36. The maximum atomic E-state index is 5.87. The third-order valence-corrected chi connectivity index (χ3v) is 4.09. The summed E-state index contributed by atoms with van der Waals surface area (Å²) in [6.45, 7) is 6.54. The lowest BCUT2D eigenvalue weighted by molar-refractivity contribution is -0.0279. The van der Waals surface area contributed by atoms with E-state index in [1.54, 1.807) is 0 Å². The van der Waals surface area contributed by atoms with Crippen molar-refractivity contribution >= 4 is 11.8 Å². The Bertz CT molecular complexity index is 498. The number of nitrogens with two attached hydrogens (primary N) is 2. The summed E-state index contributed by atoms with van der Waals surface area (Å²) in [4.78, 5) is 11.0. The van der Waals surface area contributed by atoms with E-state index in [1.807, 2.05) is 0 Å². The van der Waals surface area contributed by atoms with Crippen molar-refractivity contribution in [1.82, 2.24) is 9.97 Å². The van der Waals surface area contributed by atoms with E-state index in [0.29, 0.717) is 24.5 Å². The van der Waals surface area contributed by atoms with Crippen molar-refractivity contribution in [1.29, 1.82) is 0 Å². The number of anilines is 2. The zero-order chi connectivity index (χ0) is 14.3. The second kappa shape index (κ2) is 4.86. The predicted octanol–water partition coefficient (Wildman–Crippen LogP) is 0.879. The van der Waals surface area contributed by atoms with Crippen LogP contribution in [0.15, 0.2) is 6.07 Å². The molecule has 3 rings (SSSR count). The molecule has 4 N–H and O–H groups in total. The number of hydrogen-bond acceptors (Lipinski definition) is 6. The molecular formula is C14H23N5O. The van der Waals surface area contributed by atoms with Gasteiger partial charge in [0.05, 0.1) is 17.9 Å². The molecule has 1 saturated carbocycles. The lowest BCUT2D eigenvalue weighted by Gasteiger charge is -2.39. The van der Waals surface area contributed by atoms with Crippen LogP contribution in [0.5, 0.6) is 0 Å². The fourth-order valence-corrected chi connectivity index (χ4v) is 2.96. The highest BCUT2D eigenvalue weighted by atomic mass is 16.5. The predicted molar refractivity (Wildman–Crippen MR) is 78.6 cm³/mol. The van der Waals surface area contributed by atoms with Crippen LogP contribution in [0.4, 0.5) is 11.8 Å². The molecule has 6 nitrogen and oxygen atoms in total. The van der Waals surface area contributed by atoms with Crippen LogP contribution in [-0.4, -0.2) is 41.3 Å². The minimum atomic E-state index is -0.156. The molecule has 2 fully saturated rings. The highest BCUT2D eigenvalue weighted by molar-refractivity contribution is 5.45. The minimum absolute atomic E-state index is 0.156. The van der Waals surface area contributed by atoms with Gasteiger partial charge in [-0.25, -0.2) is 4.98 Å². The number of nitrogens with zero attached hydrogens (tertiary/aromatic N) is 3. The molecule has 0 atom stereocenters. The second-order valence-electron chi connectivity index (χ2n) is 6.47. The standard InChI is InChI=1S/C14H23N5O/c1-14(2)8-19(3-4-20-14)12-7-11(17-13(16)18-12)9-5-10(15)6-9/h7,9-10H,3-6,8,15H2,1-2H3,(H2,16,17,18). The fourth-order valence-electron chi connectivity index (χ4n) is 2.96. The van der Waals surface area contributed by atoms with E-state index in [1.165, 1.54) is 0 Å². The lowest BCUT2D eigenvalue weighted by Crippen LogP contribution is -2.48. The number of nitrogen functional groups attached to an aromatic ring is 1. The average Bonchev–Trinajstić information content (AvgIpc) is 2.33. The van der Waals surface area contributed by atoms with Gasteiger partial charge in [0.15, 0.2) is 0 Å². The van der Waals surface area contributed by atoms with Crippen LogP contribution in [0, 0.1) is 0 Å². The smallest absolute Gasteiger partial charge is 0.222 e. The van der Waals surface area contributed by atoms with Crippen molar-refractivity contribution in [3.63, 3.8) is 0 Å². The van der Waals surface area contributed by atoms with Crippen LogP contribution in [0.2, 0.25) is 0 Å². The summed E-state index contributed by atoms with van der Waals surface area (Å²) in [6.07, 6.45) is 1.98. The molecule has 1 aromatic rings. The molecular weight excluding hydrogens is 254 g/mol. The van der Waals surface area contributed by atoms with Gasteiger partial charge in [-0.2, -0.15) is 4.98 Å². The number of aromatic nitrogens is 2. The zero-order valence-electron chi connectivity index (χ0n) is 12.2. The summed E-state index contributed by atoms with van der Waals surface area (Å²) in [6, 6.07) is 2.37. The monoisotopic (exact) mass is 277 g/mol. The maximum absolute atomic E-state index is 5.87. The van der Waals surface area contributed by atoms with Crippen LogP contribution in [-0.2, 0) is 4.74 Å². The highest BCUT2D eigenvalue weighted by Gasteiger charge is 2.31. The molecule has 0 radical (unpaired) electrons. The Kier molecular flexibility index (Phi) is 3.30. The molecule has 6 heteroatoms. The quantitative estimate of drug-likeness (QED) is 0.834. The van der Waals surface area contributed by atoms with Crippen molar-refractivity contribution in [2.45, 2.75) is 44.2 Å². The largest absolute Gasteiger partial charge is 0.372 e. The molecule has 0 unspecified atom stereocenters. The lowest BCUT2D eigenvalue weighted by atomic mass is 9.78. The second-order valence-corrected chi connectivity index (χ2v) is 6.47. The van der Waals surface area contributed by atoms with E-state index in [9.17, 15) is 0 Å². The van der Waals surface area contributed by atoms with Crippen molar-refractivity contribution < 1.29 is 4.74 Å². The van der Waals surface area contributed by atoms with E-state index in [0.717, 1.165) is 37.4 Å². The van der Waals surface area contributed by atoms with Crippen LogP contribution in [0.3, 0.4) is 0 Å². The van der Waals surface area contributed by atoms with Gasteiger partial charge in [0.2, 0.25) is 5.95 Å². The molecule has 1 aliphatic heterocycles. The molecule has 2 heterocycles. The van der Waals surface area contributed by atoms with E-state index in [-0.39, 0.29) is 5.60 Å². The van der Waals surface area contributed by atoms with Crippen molar-refractivity contribution in [3.05, 3.63) is 11.8 Å². The Labute approximate surface area is 119 Å². The Morgan fingerprint density at radius 1 is 1.35 bits per heavy atom. The molecule has 0 bridgehead atoms. The fraction of sp³-hybridized carbons (Fsp3) is 0.714. The zero-order valence-corrected chi connectivity index (χ0v) is 12.2. The van der Waals surface area contributed by atoms with E-state index in [2.05, 4.69) is 34.8 Å². The van der Waals surface area contributed by atoms with Gasteiger partial charge in [0.25, 0.3) is 0 Å². The van der Waals surface area contributed by atoms with E-state index < -0.39 is 0 Å². The Hall–Kier alpha value is -1.40. The first-order valence-corrected chi connectivity index (χ1v) is 7.22. The number of morpholine rings is 1. The topological polar surface area (TPSA) is 90.3 Å². The molecule has 1 saturated heterocycles. The Balaban J connectivity index is 1.82. The van der Waals surface area contributed by atoms with Crippen molar-refractivity contribution in [3.8, 4) is 0 Å². The van der Waals surface area contributed by atoms with Gasteiger partial charge in [-0.1, -0.05) is 0 Å². The third-order valence-electron chi connectivity index (χ3n) is 4.09. The summed E-state index contributed by atoms with van der Waals surface area (Å²) >= 11 is 0. The molecule has 1 aromatic heterocycles. The summed E-state index contributed by atoms with van der Waals surface area (Å²) < 4.78 is 5.74. The van der Waals surface area contributed by atoms with E-state index in [4.69, 9.17) is 16.2 Å². The molecule has 2 aliphatic rings. The third kappa shape index (κ3) is 2.71. The molecule has 0 amide bonds. The van der Waals surface area contributed by atoms with Crippen LogP contribution in [0.25, 0.3) is 0 Å². The Morgan fingerprint density at radius 3 is 2.75 bits per heavy atom. The summed E-state index contributed by atoms with van der Waals surface area (Å²) in [7, 11) is 0. The van der Waals surface area contributed by atoms with Crippen LogP contribution >= 0.6 is 0 Å². The minimum Gasteiger partial charge on any atom is -0.372 e. The molecule has 20 heavy (non-hydrogen) atoms. The van der Waals surface area contributed by atoms with Gasteiger partial charge in [-0.15, -0.1) is 0 Å². The maximum Gasteiger partial charge on any atom is 0.222 e. The average molecular weight is 277 g/mol. The Morgan fingerprint density at radius 2 is 2.10 bits per heavy atom. The van der Waals surface area contributed by atoms with Gasteiger partial charge in [-0.3, -0.25) is 0 Å². The van der Waals surface area contributed by atoms with Gasteiger partial charge in [-0.05, 0) is 26.7 Å². The van der Waals surface area contributed by atoms with Crippen molar-refractivity contribution in [2.75, 3.05) is 30.3 Å². The number of rotatable bonds is 2. The SMILES string of the molecule is CC1(C)CN(c2cc(C3CC(N)C3)nc(N)n2)CCO1. The summed E-state index contributed by atoms with van der Waals surface area (Å²) in [5.74, 6) is 1.69. The molecule has 0 spiro atoms. The molecule has 0 aromatic carbocycles. The number of hydrogen-bond donors (Lipinski definition) is 2. The van der Waals surface area contributed by atoms with Gasteiger partial charge in [0, 0.05) is 31.1 Å². The van der Waals surface area contributed by atoms with E-state index >= 15 is 0 Å². The van der Waals surface area contributed by atoms with Gasteiger partial charge < -0.3 is 21.1 Å². The van der Waals surface area contributed by atoms with Gasteiger partial charge in [0.1, 0.15) is 5.82 Å². The summed E-state index contributed by atoms with van der Waals surface area (Å²) in [5.41, 5.74) is 12.6. The normalized spacial score (nSPS) is 29.1. The first kappa shape index (κ1) is 13.6. The molecule has 1 aliphatic carbocycles. The van der Waals surface area contributed by atoms with Gasteiger partial charge >= 0.3 is 0 Å². The number of ether oxygens (including phenoxy) is 1. The first-order chi connectivity index (χ1) is 9.43. The van der Waals surface area contributed by atoms with Crippen LogP contribution in [0.1, 0.15) is 38.3 Å². The molecule has 110 valence electrons. The first-order valence-electron chi connectivity index (χ1n) is 7.22. The van der Waals surface area contributed by atoms with Crippen LogP contribution < -0.4 is 16.4 Å². The summed E-state index contributed by atoms with van der Waals surface area (Å²) in [5, 5.41) is 0. The van der Waals surface area contributed by atoms with Crippen molar-refractivity contribution in [2.24, 2.45) is 5.73 Å².